The molecular weight excluding hydrogens is 771 g/mol. The van der Waals surface area contributed by atoms with Crippen LogP contribution in [0.3, 0.4) is 0 Å². The molecule has 0 aliphatic heterocycles. The fourth-order valence-corrected chi connectivity index (χ4v) is 8.83. The predicted molar refractivity (Wildman–Crippen MR) is 281 cm³/mol. The van der Waals surface area contributed by atoms with Gasteiger partial charge in [-0.2, -0.15) is 0 Å². The number of hydrogen-bond acceptors (Lipinski definition) is 3. The molecule has 0 heterocycles. The molecular formula is C59H111NO3. The second-order valence-electron chi connectivity index (χ2n) is 19.3. The van der Waals surface area contributed by atoms with Crippen LogP contribution in [0.5, 0.6) is 0 Å². The third-order valence-corrected chi connectivity index (χ3v) is 13.1. The van der Waals surface area contributed by atoms with E-state index in [4.69, 9.17) is 0 Å². The molecule has 0 aliphatic rings. The average molecular weight is 883 g/mol. The van der Waals surface area contributed by atoms with Gasteiger partial charge in [0.25, 0.3) is 0 Å². The second kappa shape index (κ2) is 54.7. The summed E-state index contributed by atoms with van der Waals surface area (Å²) in [4.78, 5) is 12.5. The van der Waals surface area contributed by atoms with Crippen molar-refractivity contribution < 1.29 is 15.0 Å². The van der Waals surface area contributed by atoms with Crippen molar-refractivity contribution in [1.82, 2.24) is 5.32 Å². The quantitative estimate of drug-likeness (QED) is 0.0421. The Hall–Kier alpha value is -1.65. The van der Waals surface area contributed by atoms with Crippen LogP contribution in [0, 0.1) is 0 Å². The lowest BCUT2D eigenvalue weighted by molar-refractivity contribution is -0.123. The highest BCUT2D eigenvalue weighted by atomic mass is 16.3. The molecule has 0 bridgehead atoms. The van der Waals surface area contributed by atoms with Gasteiger partial charge in [-0.1, -0.05) is 294 Å². The third-order valence-electron chi connectivity index (χ3n) is 13.1. The van der Waals surface area contributed by atoms with Crippen molar-refractivity contribution in [2.75, 3.05) is 6.61 Å². The van der Waals surface area contributed by atoms with Gasteiger partial charge in [0.05, 0.1) is 18.8 Å². The molecule has 0 aliphatic carbocycles. The first kappa shape index (κ1) is 61.4. The highest BCUT2D eigenvalue weighted by Crippen LogP contribution is 2.18. The summed E-state index contributed by atoms with van der Waals surface area (Å²) in [6.07, 6.45) is 75.3. The highest BCUT2D eigenvalue weighted by molar-refractivity contribution is 5.76. The first-order chi connectivity index (χ1) is 31.2. The Balaban J connectivity index is 3.45. The molecule has 0 aromatic rings. The number of rotatable bonds is 52. The van der Waals surface area contributed by atoms with Gasteiger partial charge in [-0.15, -0.1) is 0 Å². The molecule has 2 atom stereocenters. The highest BCUT2D eigenvalue weighted by Gasteiger charge is 2.20. The van der Waals surface area contributed by atoms with E-state index in [0.717, 1.165) is 51.4 Å². The first-order valence-corrected chi connectivity index (χ1v) is 28.3. The molecule has 1 amide bonds. The SMILES string of the molecule is CC/C=C\C/C=C\C/C=C\C/C=C\CCCCCCCCCCCCCCCCC(=O)NC(CO)C(O)CCCCCCCCCCCCCCCCCCCCCCCCCC. The number of aliphatic hydroxyl groups is 2. The van der Waals surface area contributed by atoms with Gasteiger partial charge in [0.1, 0.15) is 0 Å². The Bertz CT molecular complexity index is 1000. The number of allylic oxidation sites excluding steroid dienone is 8. The van der Waals surface area contributed by atoms with Crippen molar-refractivity contribution in [3.05, 3.63) is 48.6 Å². The molecule has 0 rings (SSSR count). The number of aliphatic hydroxyl groups excluding tert-OH is 2. The van der Waals surface area contributed by atoms with E-state index in [1.165, 1.54) is 225 Å². The van der Waals surface area contributed by atoms with Crippen molar-refractivity contribution in [2.45, 2.75) is 315 Å². The molecule has 3 N–H and O–H groups in total. The standard InChI is InChI=1S/C59H111NO3/c1-3-5-7-9-11-13-15-17-19-21-23-25-27-29-30-31-33-35-37-39-41-43-45-47-49-51-53-55-59(63)60-57(56-61)58(62)54-52-50-48-46-44-42-40-38-36-34-32-28-26-24-22-20-18-16-14-12-10-8-6-4-2/h5,7,11,13,17,19,23,25,57-58,61-62H,3-4,6,8-10,12,14-16,18,20-22,24,26-56H2,1-2H3,(H,60,63)/b7-5-,13-11-,19-17-,25-23-. The fourth-order valence-electron chi connectivity index (χ4n) is 8.83. The lowest BCUT2D eigenvalue weighted by atomic mass is 10.0. The van der Waals surface area contributed by atoms with Crippen molar-refractivity contribution in [3.8, 4) is 0 Å². The van der Waals surface area contributed by atoms with Gasteiger partial charge in [0.2, 0.25) is 5.91 Å². The molecule has 0 saturated heterocycles. The summed E-state index contributed by atoms with van der Waals surface area (Å²) in [5, 5.41) is 23.4. The number of nitrogens with one attached hydrogen (secondary N) is 1. The molecule has 63 heavy (non-hydrogen) atoms. The Morgan fingerprint density at radius 3 is 1.05 bits per heavy atom. The normalized spacial score (nSPS) is 13.1. The average Bonchev–Trinajstić information content (AvgIpc) is 3.29. The summed E-state index contributed by atoms with van der Waals surface area (Å²) in [6.45, 7) is 4.28. The molecule has 4 heteroatoms. The largest absolute Gasteiger partial charge is 0.394 e. The van der Waals surface area contributed by atoms with Gasteiger partial charge in [-0.25, -0.2) is 0 Å². The van der Waals surface area contributed by atoms with Crippen LogP contribution >= 0.6 is 0 Å². The van der Waals surface area contributed by atoms with E-state index in [1.807, 2.05) is 0 Å². The molecule has 0 aromatic carbocycles. The van der Waals surface area contributed by atoms with Crippen LogP contribution in [-0.4, -0.2) is 34.9 Å². The maximum absolute atomic E-state index is 12.5. The lowest BCUT2D eigenvalue weighted by Crippen LogP contribution is -2.45. The fraction of sp³-hybridized carbons (Fsp3) is 0.847. The Kier molecular flexibility index (Phi) is 53.3. The number of carbonyl (C=O) groups is 1. The number of unbranched alkanes of at least 4 members (excludes halogenated alkanes) is 37. The molecule has 0 radical (unpaired) electrons. The van der Waals surface area contributed by atoms with Gasteiger partial charge >= 0.3 is 0 Å². The molecule has 2 unspecified atom stereocenters. The third kappa shape index (κ3) is 51.2. The molecule has 0 aromatic heterocycles. The summed E-state index contributed by atoms with van der Waals surface area (Å²) in [5.74, 6) is -0.0291. The number of carbonyl (C=O) groups excluding carboxylic acids is 1. The van der Waals surface area contributed by atoms with Gasteiger partial charge in [0.15, 0.2) is 0 Å². The summed E-state index contributed by atoms with van der Waals surface area (Å²) < 4.78 is 0. The van der Waals surface area contributed by atoms with Crippen molar-refractivity contribution in [1.29, 1.82) is 0 Å². The van der Waals surface area contributed by atoms with Crippen LogP contribution in [0.15, 0.2) is 48.6 Å². The molecule has 0 saturated carbocycles. The van der Waals surface area contributed by atoms with E-state index >= 15 is 0 Å². The Morgan fingerprint density at radius 2 is 0.698 bits per heavy atom. The minimum absolute atomic E-state index is 0.0291. The minimum atomic E-state index is -0.661. The molecule has 0 spiro atoms. The van der Waals surface area contributed by atoms with E-state index in [9.17, 15) is 15.0 Å². The van der Waals surface area contributed by atoms with Crippen molar-refractivity contribution >= 4 is 5.91 Å². The zero-order valence-electron chi connectivity index (χ0n) is 42.6. The van der Waals surface area contributed by atoms with Gasteiger partial charge < -0.3 is 15.5 Å². The summed E-state index contributed by atoms with van der Waals surface area (Å²) in [7, 11) is 0. The topological polar surface area (TPSA) is 69.6 Å². The molecule has 0 fully saturated rings. The summed E-state index contributed by atoms with van der Waals surface area (Å²) >= 11 is 0. The van der Waals surface area contributed by atoms with Crippen LogP contribution in [0.2, 0.25) is 0 Å². The van der Waals surface area contributed by atoms with Crippen LogP contribution in [0.4, 0.5) is 0 Å². The Morgan fingerprint density at radius 1 is 0.397 bits per heavy atom. The zero-order valence-corrected chi connectivity index (χ0v) is 42.6. The number of hydrogen-bond donors (Lipinski definition) is 3. The number of amides is 1. The molecule has 4 nitrogen and oxygen atoms in total. The van der Waals surface area contributed by atoms with E-state index < -0.39 is 12.1 Å². The lowest BCUT2D eigenvalue weighted by Gasteiger charge is -2.22. The first-order valence-electron chi connectivity index (χ1n) is 28.3. The monoisotopic (exact) mass is 882 g/mol. The van der Waals surface area contributed by atoms with E-state index in [1.54, 1.807) is 0 Å². The van der Waals surface area contributed by atoms with Crippen molar-refractivity contribution in [3.63, 3.8) is 0 Å². The second-order valence-corrected chi connectivity index (χ2v) is 19.3. The van der Waals surface area contributed by atoms with Gasteiger partial charge in [-0.05, 0) is 51.4 Å². The van der Waals surface area contributed by atoms with Crippen LogP contribution in [0.1, 0.15) is 303 Å². The van der Waals surface area contributed by atoms with E-state index in [-0.39, 0.29) is 12.5 Å². The smallest absolute Gasteiger partial charge is 0.220 e. The van der Waals surface area contributed by atoms with Crippen LogP contribution in [-0.2, 0) is 4.79 Å². The van der Waals surface area contributed by atoms with Gasteiger partial charge in [0, 0.05) is 6.42 Å². The zero-order chi connectivity index (χ0) is 45.6. The minimum Gasteiger partial charge on any atom is -0.394 e. The predicted octanol–water partition coefficient (Wildman–Crippen LogP) is 18.6. The Labute approximate surface area is 394 Å². The van der Waals surface area contributed by atoms with E-state index in [0.29, 0.717) is 12.8 Å². The van der Waals surface area contributed by atoms with Crippen molar-refractivity contribution in [2.24, 2.45) is 0 Å². The van der Waals surface area contributed by atoms with E-state index in [2.05, 4.69) is 67.8 Å². The summed E-state index contributed by atoms with van der Waals surface area (Å²) in [5.41, 5.74) is 0. The maximum atomic E-state index is 12.5. The van der Waals surface area contributed by atoms with Crippen LogP contribution in [0.25, 0.3) is 0 Å². The van der Waals surface area contributed by atoms with Crippen LogP contribution < -0.4 is 5.32 Å². The maximum Gasteiger partial charge on any atom is 0.220 e. The summed E-state index contributed by atoms with van der Waals surface area (Å²) in [6, 6.07) is -0.538. The molecule has 370 valence electrons. The van der Waals surface area contributed by atoms with Gasteiger partial charge in [-0.3, -0.25) is 4.79 Å².